The standard InChI is InChI=1S/C19H31NO/c1-4-15-9-11-17(12-10-15)19(20-3)14-21-18-8-6-7-16(5-2)13-18/h9-12,16,18-20H,4-8,13-14H2,1-3H3. The van der Waals surface area contributed by atoms with Crippen molar-refractivity contribution in [2.45, 2.75) is 64.5 Å². The summed E-state index contributed by atoms with van der Waals surface area (Å²) in [5, 5.41) is 3.40. The van der Waals surface area contributed by atoms with E-state index in [-0.39, 0.29) is 0 Å². The van der Waals surface area contributed by atoms with Crippen LogP contribution in [0.15, 0.2) is 24.3 Å². The van der Waals surface area contributed by atoms with Gasteiger partial charge in [-0.2, -0.15) is 0 Å². The van der Waals surface area contributed by atoms with Crippen molar-refractivity contribution in [2.75, 3.05) is 13.7 Å². The Bertz CT molecular complexity index is 401. The molecule has 3 atom stereocenters. The van der Waals surface area contributed by atoms with E-state index in [2.05, 4.69) is 43.4 Å². The van der Waals surface area contributed by atoms with E-state index in [1.165, 1.54) is 43.2 Å². The molecule has 21 heavy (non-hydrogen) atoms. The minimum atomic E-state index is 0.304. The second-order valence-corrected chi connectivity index (χ2v) is 6.33. The van der Waals surface area contributed by atoms with Gasteiger partial charge in [0.15, 0.2) is 0 Å². The van der Waals surface area contributed by atoms with Crippen molar-refractivity contribution in [2.24, 2.45) is 5.92 Å². The van der Waals surface area contributed by atoms with E-state index in [4.69, 9.17) is 4.74 Å². The van der Waals surface area contributed by atoms with E-state index >= 15 is 0 Å². The minimum absolute atomic E-state index is 0.304. The van der Waals surface area contributed by atoms with Crippen molar-refractivity contribution in [1.82, 2.24) is 5.32 Å². The fourth-order valence-corrected chi connectivity index (χ4v) is 3.33. The van der Waals surface area contributed by atoms with Crippen molar-refractivity contribution in [3.05, 3.63) is 35.4 Å². The lowest BCUT2D eigenvalue weighted by atomic mass is 9.85. The molecular formula is C19H31NO. The lowest BCUT2D eigenvalue weighted by Crippen LogP contribution is -2.28. The smallest absolute Gasteiger partial charge is 0.0665 e. The third kappa shape index (κ3) is 4.82. The highest BCUT2D eigenvalue weighted by atomic mass is 16.5. The molecule has 0 spiro atoms. The average molecular weight is 289 g/mol. The Labute approximate surface area is 130 Å². The van der Waals surface area contributed by atoms with Crippen molar-refractivity contribution >= 4 is 0 Å². The molecule has 0 heterocycles. The van der Waals surface area contributed by atoms with Crippen LogP contribution in [0.25, 0.3) is 0 Å². The van der Waals surface area contributed by atoms with Gasteiger partial charge in [-0.15, -0.1) is 0 Å². The molecule has 0 radical (unpaired) electrons. The Balaban J connectivity index is 1.86. The Hall–Kier alpha value is -0.860. The van der Waals surface area contributed by atoms with Gasteiger partial charge >= 0.3 is 0 Å². The first-order chi connectivity index (χ1) is 10.3. The van der Waals surface area contributed by atoms with Crippen LogP contribution in [0, 0.1) is 5.92 Å². The maximum absolute atomic E-state index is 6.22. The maximum Gasteiger partial charge on any atom is 0.0665 e. The number of hydrogen-bond acceptors (Lipinski definition) is 2. The molecule has 2 nitrogen and oxygen atoms in total. The molecule has 1 aliphatic carbocycles. The summed E-state index contributed by atoms with van der Waals surface area (Å²) in [6.07, 6.45) is 8.08. The quantitative estimate of drug-likeness (QED) is 0.798. The fraction of sp³-hybridized carbons (Fsp3) is 0.684. The molecule has 118 valence electrons. The van der Waals surface area contributed by atoms with Crippen LogP contribution in [0.1, 0.15) is 63.1 Å². The van der Waals surface area contributed by atoms with E-state index < -0.39 is 0 Å². The third-order valence-corrected chi connectivity index (χ3v) is 4.95. The zero-order valence-corrected chi connectivity index (χ0v) is 13.9. The second kappa shape index (κ2) is 8.55. The SMILES string of the molecule is CCc1ccc(C(COC2CCCC(CC)C2)NC)cc1. The number of ether oxygens (including phenoxy) is 1. The van der Waals surface area contributed by atoms with Crippen LogP contribution in [0.2, 0.25) is 0 Å². The van der Waals surface area contributed by atoms with Gasteiger partial charge in [0.2, 0.25) is 0 Å². The normalized spacial score (nSPS) is 24.0. The Kier molecular flexibility index (Phi) is 6.72. The molecule has 1 N–H and O–H groups in total. The van der Waals surface area contributed by atoms with Crippen LogP contribution in [0.5, 0.6) is 0 Å². The summed E-state index contributed by atoms with van der Waals surface area (Å²) in [7, 11) is 2.03. The fourth-order valence-electron chi connectivity index (χ4n) is 3.33. The van der Waals surface area contributed by atoms with Gasteiger partial charge in [0.1, 0.15) is 0 Å². The van der Waals surface area contributed by atoms with E-state index in [0.29, 0.717) is 12.1 Å². The molecular weight excluding hydrogens is 258 g/mol. The number of benzene rings is 1. The van der Waals surface area contributed by atoms with E-state index in [1.807, 2.05) is 7.05 Å². The van der Waals surface area contributed by atoms with Crippen LogP contribution >= 0.6 is 0 Å². The Morgan fingerprint density at radius 3 is 2.57 bits per heavy atom. The summed E-state index contributed by atoms with van der Waals surface area (Å²) in [4.78, 5) is 0. The molecule has 1 fully saturated rings. The average Bonchev–Trinajstić information content (AvgIpc) is 2.56. The summed E-state index contributed by atoms with van der Waals surface area (Å²) >= 11 is 0. The highest BCUT2D eigenvalue weighted by molar-refractivity contribution is 5.25. The van der Waals surface area contributed by atoms with Gasteiger partial charge in [0, 0.05) is 0 Å². The summed E-state index contributed by atoms with van der Waals surface area (Å²) in [5.41, 5.74) is 2.73. The van der Waals surface area contributed by atoms with Crippen molar-refractivity contribution in [3.8, 4) is 0 Å². The van der Waals surface area contributed by atoms with Gasteiger partial charge in [-0.05, 0) is 43.4 Å². The second-order valence-electron chi connectivity index (χ2n) is 6.33. The monoisotopic (exact) mass is 289 g/mol. The molecule has 0 saturated heterocycles. The van der Waals surface area contributed by atoms with Crippen molar-refractivity contribution < 1.29 is 4.74 Å². The van der Waals surface area contributed by atoms with Gasteiger partial charge < -0.3 is 10.1 Å². The first-order valence-electron chi connectivity index (χ1n) is 8.64. The molecule has 0 bridgehead atoms. The van der Waals surface area contributed by atoms with Gasteiger partial charge in [-0.3, -0.25) is 0 Å². The van der Waals surface area contributed by atoms with E-state index in [9.17, 15) is 0 Å². The van der Waals surface area contributed by atoms with Crippen LogP contribution in [0.3, 0.4) is 0 Å². The number of aryl methyl sites for hydroxylation is 1. The summed E-state index contributed by atoms with van der Waals surface area (Å²) < 4.78 is 6.22. The van der Waals surface area contributed by atoms with Crippen LogP contribution in [-0.2, 0) is 11.2 Å². The highest BCUT2D eigenvalue weighted by Crippen LogP contribution is 2.29. The Morgan fingerprint density at radius 1 is 1.19 bits per heavy atom. The molecule has 1 aliphatic rings. The third-order valence-electron chi connectivity index (χ3n) is 4.95. The van der Waals surface area contributed by atoms with Crippen molar-refractivity contribution in [3.63, 3.8) is 0 Å². The Morgan fingerprint density at radius 2 is 1.95 bits per heavy atom. The van der Waals surface area contributed by atoms with Crippen LogP contribution in [-0.4, -0.2) is 19.8 Å². The molecule has 2 rings (SSSR count). The lowest BCUT2D eigenvalue weighted by molar-refractivity contribution is 0.00208. The minimum Gasteiger partial charge on any atom is -0.376 e. The van der Waals surface area contributed by atoms with Crippen LogP contribution < -0.4 is 5.32 Å². The number of hydrogen-bond donors (Lipinski definition) is 1. The van der Waals surface area contributed by atoms with Gasteiger partial charge in [0.25, 0.3) is 0 Å². The molecule has 1 aromatic carbocycles. The van der Waals surface area contributed by atoms with Crippen molar-refractivity contribution in [1.29, 1.82) is 0 Å². The highest BCUT2D eigenvalue weighted by Gasteiger charge is 2.22. The summed E-state index contributed by atoms with van der Waals surface area (Å²) in [6.45, 7) is 5.28. The molecule has 0 amide bonds. The topological polar surface area (TPSA) is 21.3 Å². The zero-order valence-electron chi connectivity index (χ0n) is 13.9. The first kappa shape index (κ1) is 16.5. The molecule has 3 unspecified atom stereocenters. The van der Waals surface area contributed by atoms with Gasteiger partial charge in [0.05, 0.1) is 18.8 Å². The molecule has 2 heteroatoms. The van der Waals surface area contributed by atoms with Gasteiger partial charge in [-0.25, -0.2) is 0 Å². The molecule has 0 aromatic heterocycles. The maximum atomic E-state index is 6.22. The molecule has 0 aliphatic heterocycles. The van der Waals surface area contributed by atoms with E-state index in [0.717, 1.165) is 18.9 Å². The predicted molar refractivity (Wildman–Crippen MR) is 89.6 cm³/mol. The summed E-state index contributed by atoms with van der Waals surface area (Å²) in [5.74, 6) is 0.876. The van der Waals surface area contributed by atoms with Gasteiger partial charge in [-0.1, -0.05) is 57.4 Å². The number of nitrogens with one attached hydrogen (secondary N) is 1. The number of likely N-dealkylation sites (N-methyl/N-ethyl adjacent to an activating group) is 1. The predicted octanol–water partition coefficient (Wildman–Crippen LogP) is 4.49. The first-order valence-corrected chi connectivity index (χ1v) is 8.64. The summed E-state index contributed by atoms with van der Waals surface area (Å²) in [6, 6.07) is 9.23. The van der Waals surface area contributed by atoms with E-state index in [1.54, 1.807) is 0 Å². The lowest BCUT2D eigenvalue weighted by Gasteiger charge is -2.30. The molecule has 1 saturated carbocycles. The largest absolute Gasteiger partial charge is 0.376 e. The van der Waals surface area contributed by atoms with Crippen LogP contribution in [0.4, 0.5) is 0 Å². The zero-order chi connectivity index (χ0) is 15.1. The number of rotatable bonds is 7. The molecule has 1 aromatic rings.